The predicted molar refractivity (Wildman–Crippen MR) is 80.4 cm³/mol. The van der Waals surface area contributed by atoms with Crippen molar-refractivity contribution in [1.82, 2.24) is 0 Å². The molecule has 2 rings (SSSR count). The molecule has 21 heavy (non-hydrogen) atoms. The Morgan fingerprint density at radius 1 is 1.05 bits per heavy atom. The highest BCUT2D eigenvalue weighted by Crippen LogP contribution is 2.15. The molecule has 0 aromatic heterocycles. The van der Waals surface area contributed by atoms with E-state index in [1.54, 1.807) is 36.4 Å². The number of azide groups is 1. The molecular formula is C16H15N3O2. The van der Waals surface area contributed by atoms with Crippen LogP contribution in [0.15, 0.2) is 59.7 Å². The van der Waals surface area contributed by atoms with E-state index < -0.39 is 0 Å². The first-order chi connectivity index (χ1) is 10.3. The fourth-order valence-corrected chi connectivity index (χ4v) is 1.83. The van der Waals surface area contributed by atoms with Gasteiger partial charge in [0, 0.05) is 22.6 Å². The molecule has 0 aliphatic carbocycles. The number of carbonyl (C=O) groups excluding carboxylic acids is 1. The van der Waals surface area contributed by atoms with Crippen LogP contribution in [0.4, 0.5) is 0 Å². The maximum absolute atomic E-state index is 12.2. The van der Waals surface area contributed by atoms with Crippen LogP contribution in [0.5, 0.6) is 5.75 Å². The molecule has 0 radical (unpaired) electrons. The van der Waals surface area contributed by atoms with E-state index in [0.717, 1.165) is 0 Å². The Labute approximate surface area is 122 Å². The van der Waals surface area contributed by atoms with Crippen LogP contribution in [0, 0.1) is 0 Å². The summed E-state index contributed by atoms with van der Waals surface area (Å²) in [4.78, 5) is 14.9. The molecule has 0 amide bonds. The normalized spacial score (nSPS) is 9.71. The van der Waals surface area contributed by atoms with Gasteiger partial charge in [0.1, 0.15) is 5.75 Å². The summed E-state index contributed by atoms with van der Waals surface area (Å²) in [5, 5.41) is 3.43. The smallest absolute Gasteiger partial charge is 0.193 e. The Morgan fingerprint density at radius 3 is 2.38 bits per heavy atom. The SMILES string of the molecule is [N-]=[N+]=NCCCOc1ccc(C(=O)c2ccccc2)cc1. The van der Waals surface area contributed by atoms with Gasteiger partial charge < -0.3 is 4.74 Å². The second-order valence-corrected chi connectivity index (χ2v) is 4.38. The predicted octanol–water partition coefficient (Wildman–Crippen LogP) is 4.00. The highest BCUT2D eigenvalue weighted by Gasteiger charge is 2.08. The third-order valence-electron chi connectivity index (χ3n) is 2.89. The Balaban J connectivity index is 1.93. The average molecular weight is 281 g/mol. The van der Waals surface area contributed by atoms with Gasteiger partial charge in [-0.05, 0) is 36.2 Å². The summed E-state index contributed by atoms with van der Waals surface area (Å²) in [6.07, 6.45) is 0.661. The van der Waals surface area contributed by atoms with Crippen LogP contribution in [0.2, 0.25) is 0 Å². The van der Waals surface area contributed by atoms with Crippen molar-refractivity contribution in [3.8, 4) is 5.75 Å². The number of benzene rings is 2. The zero-order chi connectivity index (χ0) is 14.9. The number of hydrogen-bond acceptors (Lipinski definition) is 3. The van der Waals surface area contributed by atoms with Gasteiger partial charge in [-0.2, -0.15) is 0 Å². The van der Waals surface area contributed by atoms with E-state index in [9.17, 15) is 4.79 Å². The first-order valence-corrected chi connectivity index (χ1v) is 6.65. The Bertz CT molecular complexity index is 632. The zero-order valence-electron chi connectivity index (χ0n) is 11.5. The number of hydrogen-bond donors (Lipinski definition) is 0. The zero-order valence-corrected chi connectivity index (χ0v) is 11.5. The lowest BCUT2D eigenvalue weighted by Gasteiger charge is -2.06. The topological polar surface area (TPSA) is 75.1 Å². The van der Waals surface area contributed by atoms with Crippen molar-refractivity contribution in [2.24, 2.45) is 5.11 Å². The van der Waals surface area contributed by atoms with E-state index in [1.807, 2.05) is 18.2 Å². The summed E-state index contributed by atoms with van der Waals surface area (Å²) in [6, 6.07) is 16.2. The van der Waals surface area contributed by atoms with Crippen molar-refractivity contribution in [3.05, 3.63) is 76.2 Å². The second-order valence-electron chi connectivity index (χ2n) is 4.38. The molecule has 0 spiro atoms. The molecule has 5 heteroatoms. The first kappa shape index (κ1) is 14.6. The summed E-state index contributed by atoms with van der Waals surface area (Å²) in [6.45, 7) is 0.895. The maximum Gasteiger partial charge on any atom is 0.193 e. The maximum atomic E-state index is 12.2. The van der Waals surface area contributed by atoms with E-state index in [1.165, 1.54) is 0 Å². The molecule has 0 unspecified atom stereocenters. The Hall–Kier alpha value is -2.78. The van der Waals surface area contributed by atoms with Gasteiger partial charge in [0.2, 0.25) is 0 Å². The molecule has 0 N–H and O–H groups in total. The molecule has 0 fully saturated rings. The molecular weight excluding hydrogens is 266 g/mol. The molecule has 0 saturated heterocycles. The van der Waals surface area contributed by atoms with Crippen LogP contribution >= 0.6 is 0 Å². The highest BCUT2D eigenvalue weighted by atomic mass is 16.5. The summed E-state index contributed by atoms with van der Waals surface area (Å²) in [7, 11) is 0. The number of rotatable bonds is 7. The third-order valence-corrected chi connectivity index (χ3v) is 2.89. The lowest BCUT2D eigenvalue weighted by molar-refractivity contribution is 0.103. The van der Waals surface area contributed by atoms with Gasteiger partial charge in [-0.1, -0.05) is 35.4 Å². The summed E-state index contributed by atoms with van der Waals surface area (Å²) in [5.41, 5.74) is 9.44. The van der Waals surface area contributed by atoms with Gasteiger partial charge in [-0.3, -0.25) is 4.79 Å². The molecule has 0 aliphatic rings. The van der Waals surface area contributed by atoms with Gasteiger partial charge in [0.05, 0.1) is 6.61 Å². The minimum absolute atomic E-state index is 0.00879. The fourth-order valence-electron chi connectivity index (χ4n) is 1.83. The number of carbonyl (C=O) groups is 1. The monoisotopic (exact) mass is 281 g/mol. The summed E-state index contributed by atoms with van der Waals surface area (Å²) in [5.74, 6) is 0.686. The molecule has 0 aliphatic heterocycles. The van der Waals surface area contributed by atoms with Crippen LogP contribution in [-0.2, 0) is 0 Å². The van der Waals surface area contributed by atoms with Crippen molar-refractivity contribution in [2.45, 2.75) is 6.42 Å². The first-order valence-electron chi connectivity index (χ1n) is 6.65. The molecule has 2 aromatic rings. The van der Waals surface area contributed by atoms with Crippen molar-refractivity contribution >= 4 is 5.78 Å². The number of ether oxygens (including phenoxy) is 1. The lowest BCUT2D eigenvalue weighted by atomic mass is 10.0. The van der Waals surface area contributed by atoms with Crippen LogP contribution in [-0.4, -0.2) is 18.9 Å². The molecule has 0 heterocycles. The molecule has 5 nitrogen and oxygen atoms in total. The quantitative estimate of drug-likeness (QED) is 0.253. The summed E-state index contributed by atoms with van der Waals surface area (Å²) >= 11 is 0. The largest absolute Gasteiger partial charge is 0.494 e. The molecule has 0 atom stereocenters. The fraction of sp³-hybridized carbons (Fsp3) is 0.188. The van der Waals surface area contributed by atoms with Crippen molar-refractivity contribution in [1.29, 1.82) is 0 Å². The molecule has 0 bridgehead atoms. The highest BCUT2D eigenvalue weighted by molar-refractivity contribution is 6.08. The summed E-state index contributed by atoms with van der Waals surface area (Å²) < 4.78 is 5.50. The standard InChI is InChI=1S/C16H15N3O2/c17-19-18-11-4-12-21-15-9-7-14(8-10-15)16(20)13-5-2-1-3-6-13/h1-3,5-10H,4,11-12H2. The van der Waals surface area contributed by atoms with Crippen molar-refractivity contribution in [2.75, 3.05) is 13.2 Å². The van der Waals surface area contributed by atoms with Gasteiger partial charge in [0.25, 0.3) is 0 Å². The van der Waals surface area contributed by atoms with Gasteiger partial charge in [0.15, 0.2) is 5.78 Å². The van der Waals surface area contributed by atoms with Gasteiger partial charge in [-0.15, -0.1) is 0 Å². The molecule has 2 aromatic carbocycles. The van der Waals surface area contributed by atoms with E-state index in [4.69, 9.17) is 10.3 Å². The van der Waals surface area contributed by atoms with Gasteiger partial charge in [-0.25, -0.2) is 0 Å². The Kier molecular flexibility index (Phi) is 5.38. The van der Waals surface area contributed by atoms with Crippen LogP contribution in [0.25, 0.3) is 10.4 Å². The third kappa shape index (κ3) is 4.37. The molecule has 0 saturated carbocycles. The van der Waals surface area contributed by atoms with Crippen LogP contribution in [0.1, 0.15) is 22.3 Å². The minimum atomic E-state index is -0.00879. The number of ketones is 1. The molecule has 106 valence electrons. The average Bonchev–Trinajstić information content (AvgIpc) is 2.55. The second kappa shape index (κ2) is 7.72. The van der Waals surface area contributed by atoms with E-state index in [-0.39, 0.29) is 5.78 Å². The van der Waals surface area contributed by atoms with Gasteiger partial charge >= 0.3 is 0 Å². The van der Waals surface area contributed by atoms with Crippen LogP contribution < -0.4 is 4.74 Å². The minimum Gasteiger partial charge on any atom is -0.494 e. The van der Waals surface area contributed by atoms with Crippen LogP contribution in [0.3, 0.4) is 0 Å². The van der Waals surface area contributed by atoms with E-state index in [2.05, 4.69) is 10.0 Å². The van der Waals surface area contributed by atoms with Crippen molar-refractivity contribution < 1.29 is 9.53 Å². The Morgan fingerprint density at radius 2 is 1.71 bits per heavy atom. The van der Waals surface area contributed by atoms with E-state index >= 15 is 0 Å². The van der Waals surface area contributed by atoms with Crippen molar-refractivity contribution in [3.63, 3.8) is 0 Å². The lowest BCUT2D eigenvalue weighted by Crippen LogP contribution is -2.02. The number of nitrogens with zero attached hydrogens (tertiary/aromatic N) is 3. The van der Waals surface area contributed by atoms with E-state index in [0.29, 0.717) is 36.4 Å².